The van der Waals surface area contributed by atoms with E-state index in [4.69, 9.17) is 21.1 Å². The minimum atomic E-state index is -0.594. The third-order valence-corrected chi connectivity index (χ3v) is 3.05. The van der Waals surface area contributed by atoms with E-state index in [1.165, 1.54) is 0 Å². The van der Waals surface area contributed by atoms with Crippen LogP contribution in [-0.4, -0.2) is 43.1 Å². The third-order valence-electron chi connectivity index (χ3n) is 2.73. The molecule has 0 bridgehead atoms. The van der Waals surface area contributed by atoms with Crippen molar-refractivity contribution in [2.75, 3.05) is 26.3 Å². The van der Waals surface area contributed by atoms with Crippen LogP contribution in [0.3, 0.4) is 0 Å². The molecule has 0 heterocycles. The van der Waals surface area contributed by atoms with Crippen molar-refractivity contribution in [3.8, 4) is 5.75 Å². The summed E-state index contributed by atoms with van der Waals surface area (Å²) >= 11 is 5.97. The van der Waals surface area contributed by atoms with Crippen LogP contribution in [0, 0.1) is 0 Å². The predicted molar refractivity (Wildman–Crippen MR) is 81.5 cm³/mol. The van der Waals surface area contributed by atoms with Gasteiger partial charge < -0.3 is 19.9 Å². The lowest BCUT2D eigenvalue weighted by Crippen LogP contribution is -2.41. The summed E-state index contributed by atoms with van der Waals surface area (Å²) in [5, 5.41) is 13.6. The van der Waals surface area contributed by atoms with Gasteiger partial charge in [-0.2, -0.15) is 0 Å². The van der Waals surface area contributed by atoms with E-state index in [2.05, 4.69) is 5.32 Å². The maximum absolute atomic E-state index is 9.86. The first-order chi connectivity index (χ1) is 9.44. The molecule has 1 unspecified atom stereocenters. The SMILES string of the molecule is CCOC(C)(C)CNCC(O)COc1ccccc1Cl. The van der Waals surface area contributed by atoms with Gasteiger partial charge in [0.2, 0.25) is 0 Å². The Balaban J connectivity index is 2.24. The van der Waals surface area contributed by atoms with Gasteiger partial charge in [-0.3, -0.25) is 0 Å². The molecule has 1 aromatic rings. The fourth-order valence-corrected chi connectivity index (χ4v) is 1.98. The lowest BCUT2D eigenvalue weighted by molar-refractivity contribution is -0.0112. The van der Waals surface area contributed by atoms with Crippen LogP contribution in [-0.2, 0) is 4.74 Å². The molecular formula is C15H24ClNO3. The molecule has 0 aliphatic carbocycles. The standard InChI is InChI=1S/C15H24ClNO3/c1-4-20-15(2,3)11-17-9-12(18)10-19-14-8-6-5-7-13(14)16/h5-8,12,17-18H,4,9-11H2,1-3H3. The van der Waals surface area contributed by atoms with E-state index < -0.39 is 6.10 Å². The number of hydrogen-bond acceptors (Lipinski definition) is 4. The number of hydrogen-bond donors (Lipinski definition) is 2. The highest BCUT2D eigenvalue weighted by Crippen LogP contribution is 2.23. The molecule has 2 N–H and O–H groups in total. The van der Waals surface area contributed by atoms with Crippen molar-refractivity contribution >= 4 is 11.6 Å². The van der Waals surface area contributed by atoms with Crippen LogP contribution in [0.25, 0.3) is 0 Å². The lowest BCUT2D eigenvalue weighted by Gasteiger charge is -2.25. The van der Waals surface area contributed by atoms with Crippen LogP contribution >= 0.6 is 11.6 Å². The molecule has 0 aromatic heterocycles. The van der Waals surface area contributed by atoms with Crippen molar-refractivity contribution in [1.29, 1.82) is 0 Å². The molecule has 5 heteroatoms. The summed E-state index contributed by atoms with van der Waals surface area (Å²) in [4.78, 5) is 0. The number of aliphatic hydroxyl groups excluding tert-OH is 1. The van der Waals surface area contributed by atoms with Gasteiger partial charge in [0.25, 0.3) is 0 Å². The molecule has 0 amide bonds. The summed E-state index contributed by atoms with van der Waals surface area (Å²) in [7, 11) is 0. The molecule has 0 fully saturated rings. The number of halogens is 1. The summed E-state index contributed by atoms with van der Waals surface area (Å²) in [6.07, 6.45) is -0.594. The number of para-hydroxylation sites is 1. The lowest BCUT2D eigenvalue weighted by atomic mass is 10.1. The zero-order valence-corrected chi connectivity index (χ0v) is 13.1. The van der Waals surface area contributed by atoms with Gasteiger partial charge >= 0.3 is 0 Å². The number of aliphatic hydroxyl groups is 1. The molecule has 0 saturated carbocycles. The summed E-state index contributed by atoms with van der Waals surface area (Å²) in [6, 6.07) is 7.21. The van der Waals surface area contributed by atoms with Gasteiger partial charge in [0.1, 0.15) is 18.5 Å². The quantitative estimate of drug-likeness (QED) is 0.736. The van der Waals surface area contributed by atoms with Crippen LogP contribution in [0.15, 0.2) is 24.3 Å². The zero-order valence-electron chi connectivity index (χ0n) is 12.4. The molecule has 20 heavy (non-hydrogen) atoms. The maximum atomic E-state index is 9.86. The molecular weight excluding hydrogens is 278 g/mol. The van der Waals surface area contributed by atoms with E-state index in [-0.39, 0.29) is 12.2 Å². The Kier molecular flexibility index (Phi) is 7.30. The predicted octanol–water partition coefficient (Wildman–Crippen LogP) is 2.48. The average Bonchev–Trinajstić information content (AvgIpc) is 2.37. The molecule has 0 saturated heterocycles. The van der Waals surface area contributed by atoms with E-state index in [0.717, 1.165) is 0 Å². The molecule has 4 nitrogen and oxygen atoms in total. The first-order valence-corrected chi connectivity index (χ1v) is 7.22. The van der Waals surface area contributed by atoms with Crippen LogP contribution in [0.2, 0.25) is 5.02 Å². The van der Waals surface area contributed by atoms with Gasteiger partial charge in [-0.15, -0.1) is 0 Å². The number of nitrogens with one attached hydrogen (secondary N) is 1. The van der Waals surface area contributed by atoms with Crippen LogP contribution < -0.4 is 10.1 Å². The molecule has 1 atom stereocenters. The summed E-state index contributed by atoms with van der Waals surface area (Å²) in [5.74, 6) is 0.586. The molecule has 0 aliphatic heterocycles. The normalized spacial score (nSPS) is 13.2. The Labute approximate surface area is 126 Å². The molecule has 0 aliphatic rings. The van der Waals surface area contributed by atoms with Crippen LogP contribution in [0.4, 0.5) is 0 Å². The van der Waals surface area contributed by atoms with Crippen molar-refractivity contribution in [3.05, 3.63) is 29.3 Å². The van der Waals surface area contributed by atoms with Gasteiger partial charge in [-0.05, 0) is 32.9 Å². The fraction of sp³-hybridized carbons (Fsp3) is 0.600. The van der Waals surface area contributed by atoms with Crippen molar-refractivity contribution in [1.82, 2.24) is 5.32 Å². The highest BCUT2D eigenvalue weighted by atomic mass is 35.5. The average molecular weight is 302 g/mol. The van der Waals surface area contributed by atoms with Crippen molar-refractivity contribution in [2.24, 2.45) is 0 Å². The largest absolute Gasteiger partial charge is 0.489 e. The topological polar surface area (TPSA) is 50.7 Å². The molecule has 1 aromatic carbocycles. The highest BCUT2D eigenvalue weighted by molar-refractivity contribution is 6.32. The van der Waals surface area contributed by atoms with Gasteiger partial charge in [-0.25, -0.2) is 0 Å². The van der Waals surface area contributed by atoms with E-state index in [9.17, 15) is 5.11 Å². The van der Waals surface area contributed by atoms with Gasteiger partial charge in [0.05, 0.1) is 10.6 Å². The van der Waals surface area contributed by atoms with Crippen molar-refractivity contribution in [3.63, 3.8) is 0 Å². The number of ether oxygens (including phenoxy) is 2. The Morgan fingerprint density at radius 3 is 2.70 bits per heavy atom. The fourth-order valence-electron chi connectivity index (χ4n) is 1.79. The highest BCUT2D eigenvalue weighted by Gasteiger charge is 2.17. The van der Waals surface area contributed by atoms with Gasteiger partial charge in [0, 0.05) is 19.7 Å². The Morgan fingerprint density at radius 1 is 1.35 bits per heavy atom. The number of rotatable bonds is 9. The van der Waals surface area contributed by atoms with Crippen molar-refractivity contribution in [2.45, 2.75) is 32.5 Å². The smallest absolute Gasteiger partial charge is 0.138 e. The van der Waals surface area contributed by atoms with E-state index in [1.54, 1.807) is 12.1 Å². The number of benzene rings is 1. The third kappa shape index (κ3) is 6.57. The minimum absolute atomic E-state index is 0.200. The van der Waals surface area contributed by atoms with Crippen LogP contribution in [0.1, 0.15) is 20.8 Å². The summed E-state index contributed by atoms with van der Waals surface area (Å²) in [6.45, 7) is 7.98. The zero-order chi connectivity index (χ0) is 15.0. The Hall–Kier alpha value is -0.810. The van der Waals surface area contributed by atoms with E-state index >= 15 is 0 Å². The Bertz CT molecular complexity index is 398. The second-order valence-electron chi connectivity index (χ2n) is 5.22. The maximum Gasteiger partial charge on any atom is 0.138 e. The van der Waals surface area contributed by atoms with Crippen molar-refractivity contribution < 1.29 is 14.6 Å². The molecule has 114 valence electrons. The van der Waals surface area contributed by atoms with E-state index in [0.29, 0.717) is 30.5 Å². The summed E-state index contributed by atoms with van der Waals surface area (Å²) in [5.41, 5.74) is -0.238. The van der Waals surface area contributed by atoms with Crippen LogP contribution in [0.5, 0.6) is 5.75 Å². The van der Waals surface area contributed by atoms with Gasteiger partial charge in [-0.1, -0.05) is 23.7 Å². The molecule has 0 spiro atoms. The Morgan fingerprint density at radius 2 is 2.05 bits per heavy atom. The first kappa shape index (κ1) is 17.2. The first-order valence-electron chi connectivity index (χ1n) is 6.84. The van der Waals surface area contributed by atoms with Gasteiger partial charge in [0.15, 0.2) is 0 Å². The second-order valence-corrected chi connectivity index (χ2v) is 5.63. The summed E-state index contributed by atoms with van der Waals surface area (Å²) < 4.78 is 11.0. The molecule has 1 rings (SSSR count). The molecule has 0 radical (unpaired) electrons. The van der Waals surface area contributed by atoms with E-state index in [1.807, 2.05) is 32.9 Å². The minimum Gasteiger partial charge on any atom is -0.489 e. The second kappa shape index (κ2) is 8.47. The monoisotopic (exact) mass is 301 g/mol.